The number of urea groups is 1. The van der Waals surface area contributed by atoms with Crippen molar-refractivity contribution in [1.29, 1.82) is 0 Å². The summed E-state index contributed by atoms with van der Waals surface area (Å²) in [4.78, 5) is 20.0. The van der Waals surface area contributed by atoms with Crippen LogP contribution in [0.25, 0.3) is 0 Å². The third-order valence-corrected chi connectivity index (χ3v) is 4.15. The molecular weight excluding hydrogens is 364 g/mol. The predicted molar refractivity (Wildman–Crippen MR) is 98.7 cm³/mol. The molecule has 0 bridgehead atoms. The largest absolute Gasteiger partial charge is 0.755 e. The van der Waals surface area contributed by atoms with E-state index in [1.165, 1.54) is 17.3 Å². The number of benzene rings is 1. The number of nitrogens with one attached hydrogen (secondary N) is 1. The first-order valence-corrected chi connectivity index (χ1v) is 9.07. The van der Waals surface area contributed by atoms with Crippen LogP contribution in [-0.2, 0) is 11.3 Å². The van der Waals surface area contributed by atoms with E-state index in [1.54, 1.807) is 35.2 Å². The minimum Gasteiger partial charge on any atom is -0.755 e. The Morgan fingerprint density at radius 3 is 2.64 bits per heavy atom. The number of rotatable bonds is 6. The van der Waals surface area contributed by atoms with Crippen molar-refractivity contribution in [1.82, 2.24) is 9.88 Å². The normalized spacial score (nSPS) is 11.7. The molecule has 1 aromatic carbocycles. The Morgan fingerprint density at radius 2 is 2.04 bits per heavy atom. The van der Waals surface area contributed by atoms with E-state index in [-0.39, 0.29) is 11.7 Å². The molecule has 9 heteroatoms. The van der Waals surface area contributed by atoms with Crippen LogP contribution in [-0.4, -0.2) is 37.8 Å². The predicted octanol–water partition coefficient (Wildman–Crippen LogP) is 3.54. The Hall–Kier alpha value is -2.16. The summed E-state index contributed by atoms with van der Waals surface area (Å²) in [5, 5.41) is 0.464. The molecule has 1 heterocycles. The topological polar surface area (TPSA) is 88.6 Å². The van der Waals surface area contributed by atoms with Gasteiger partial charge in [-0.3, -0.25) is 14.1 Å². The number of nitrogens with zero attached hydrogens (tertiary/aromatic N) is 3. The van der Waals surface area contributed by atoms with E-state index in [0.717, 1.165) is 0 Å². The summed E-state index contributed by atoms with van der Waals surface area (Å²) in [5.74, 6) is 0. The first-order chi connectivity index (χ1) is 12.0. The van der Waals surface area contributed by atoms with Crippen LogP contribution in [0.15, 0.2) is 42.7 Å². The fraction of sp³-hybridized carbons (Fsp3) is 0.250. The lowest BCUT2D eigenvalue weighted by molar-refractivity contribution is 0.212. The maximum Gasteiger partial charge on any atom is 0.329 e. The monoisotopic (exact) mass is 381 g/mol. The molecule has 0 aliphatic rings. The molecule has 7 nitrogen and oxygen atoms in total. The first kappa shape index (κ1) is 19.2. The Morgan fingerprint density at radius 1 is 1.32 bits per heavy atom. The summed E-state index contributed by atoms with van der Waals surface area (Å²) in [7, 11) is 0. The molecule has 0 aliphatic heterocycles. The molecular formula is C16H18ClN4O3S-. The zero-order chi connectivity index (χ0) is 18.4. The van der Waals surface area contributed by atoms with Gasteiger partial charge in [0.25, 0.3) is 0 Å². The van der Waals surface area contributed by atoms with Crippen LogP contribution in [0.4, 0.5) is 21.9 Å². The third-order valence-electron chi connectivity index (χ3n) is 3.52. The second kappa shape index (κ2) is 8.80. The number of carbonyl (C=O) groups is 1. The maximum atomic E-state index is 13.1. The van der Waals surface area contributed by atoms with E-state index in [4.69, 9.17) is 11.6 Å². The van der Waals surface area contributed by atoms with Crippen molar-refractivity contribution in [3.63, 3.8) is 0 Å². The summed E-state index contributed by atoms with van der Waals surface area (Å²) in [6.07, 6.45) is 2.83. The molecule has 2 amide bonds. The maximum absolute atomic E-state index is 13.1. The minimum atomic E-state index is -2.55. The van der Waals surface area contributed by atoms with Crippen molar-refractivity contribution < 1.29 is 13.6 Å². The van der Waals surface area contributed by atoms with E-state index in [0.29, 0.717) is 29.5 Å². The van der Waals surface area contributed by atoms with Gasteiger partial charge in [0.1, 0.15) is 0 Å². The average molecular weight is 382 g/mol. The minimum absolute atomic E-state index is 0.191. The number of anilines is 3. The molecule has 2 rings (SSSR count). The Labute approximate surface area is 154 Å². The molecule has 2 aromatic rings. The van der Waals surface area contributed by atoms with Gasteiger partial charge in [-0.05, 0) is 38.1 Å². The molecule has 0 fully saturated rings. The fourth-order valence-electron chi connectivity index (χ4n) is 2.35. The van der Waals surface area contributed by atoms with Gasteiger partial charge >= 0.3 is 6.03 Å². The summed E-state index contributed by atoms with van der Waals surface area (Å²) in [5.41, 5.74) is 1.07. The number of amides is 2. The van der Waals surface area contributed by atoms with Crippen molar-refractivity contribution in [2.24, 2.45) is 0 Å². The van der Waals surface area contributed by atoms with E-state index in [1.807, 2.05) is 13.8 Å². The molecule has 0 saturated heterocycles. The van der Waals surface area contributed by atoms with Gasteiger partial charge in [0, 0.05) is 35.6 Å². The van der Waals surface area contributed by atoms with Crippen molar-refractivity contribution in [3.05, 3.63) is 47.7 Å². The lowest BCUT2D eigenvalue weighted by atomic mass is 10.2. The van der Waals surface area contributed by atoms with Crippen molar-refractivity contribution in [3.8, 4) is 0 Å². The van der Waals surface area contributed by atoms with Gasteiger partial charge in [-0.15, -0.1) is 0 Å². The highest BCUT2D eigenvalue weighted by atomic mass is 35.5. The van der Waals surface area contributed by atoms with Gasteiger partial charge in [0.05, 0.1) is 23.3 Å². The summed E-state index contributed by atoms with van der Waals surface area (Å²) in [6.45, 7) is 4.76. The summed E-state index contributed by atoms with van der Waals surface area (Å²) < 4.78 is 24.4. The first-order valence-electron chi connectivity index (χ1n) is 7.62. The fourth-order valence-corrected chi connectivity index (χ4v) is 2.88. The third kappa shape index (κ3) is 4.68. The quantitative estimate of drug-likeness (QED) is 0.775. The van der Waals surface area contributed by atoms with Crippen LogP contribution in [0.3, 0.4) is 0 Å². The van der Waals surface area contributed by atoms with Crippen LogP contribution in [0, 0.1) is 0 Å². The van der Waals surface area contributed by atoms with Gasteiger partial charge in [-0.25, -0.2) is 4.79 Å². The SMILES string of the molecule is CCN(CC)C(=O)N(c1cccc(Cl)c1)c1ccncc1NS(=O)[O-]. The number of aromatic nitrogens is 1. The Balaban J connectivity index is 2.60. The standard InChI is InChI=1S/C16H19ClN4O3S/c1-3-20(4-2)16(22)21(13-7-5-6-12(17)10-13)15-8-9-18-11-14(15)19-25(23)24/h5-11,19H,3-4H2,1-2H3,(H,23,24)/p-1. The molecule has 0 spiro atoms. The highest BCUT2D eigenvalue weighted by molar-refractivity contribution is 7.80. The molecule has 1 unspecified atom stereocenters. The number of pyridine rings is 1. The van der Waals surface area contributed by atoms with E-state index >= 15 is 0 Å². The van der Waals surface area contributed by atoms with Gasteiger partial charge < -0.3 is 14.2 Å². The highest BCUT2D eigenvalue weighted by Gasteiger charge is 2.25. The molecule has 0 aliphatic carbocycles. The highest BCUT2D eigenvalue weighted by Crippen LogP contribution is 2.34. The lowest BCUT2D eigenvalue weighted by Gasteiger charge is -2.31. The number of hydrogen-bond donors (Lipinski definition) is 1. The zero-order valence-electron chi connectivity index (χ0n) is 13.8. The number of carbonyl (C=O) groups excluding carboxylic acids is 1. The van der Waals surface area contributed by atoms with E-state index in [2.05, 4.69) is 9.71 Å². The lowest BCUT2D eigenvalue weighted by Crippen LogP contribution is -2.41. The van der Waals surface area contributed by atoms with Crippen LogP contribution in [0.5, 0.6) is 0 Å². The average Bonchev–Trinajstić information content (AvgIpc) is 2.57. The smallest absolute Gasteiger partial charge is 0.329 e. The molecule has 0 radical (unpaired) electrons. The van der Waals surface area contributed by atoms with Crippen molar-refractivity contribution >= 4 is 46.0 Å². The second-order valence-corrected chi connectivity index (χ2v) is 6.11. The molecule has 1 atom stereocenters. The zero-order valence-corrected chi connectivity index (χ0v) is 15.4. The summed E-state index contributed by atoms with van der Waals surface area (Å²) >= 11 is 3.53. The van der Waals surface area contributed by atoms with Crippen molar-refractivity contribution in [2.75, 3.05) is 22.7 Å². The van der Waals surface area contributed by atoms with Crippen LogP contribution >= 0.6 is 11.6 Å². The molecule has 1 N–H and O–H groups in total. The molecule has 0 saturated carbocycles. The number of halogens is 1. The Kier molecular flexibility index (Phi) is 6.74. The van der Waals surface area contributed by atoms with Gasteiger partial charge in [0.2, 0.25) is 0 Å². The molecule has 1 aromatic heterocycles. The van der Waals surface area contributed by atoms with E-state index < -0.39 is 11.3 Å². The Bertz CT molecular complexity index is 771. The van der Waals surface area contributed by atoms with Gasteiger partial charge in [0.15, 0.2) is 0 Å². The molecule has 25 heavy (non-hydrogen) atoms. The van der Waals surface area contributed by atoms with Crippen molar-refractivity contribution in [2.45, 2.75) is 13.8 Å². The second-order valence-electron chi connectivity index (χ2n) is 5.00. The van der Waals surface area contributed by atoms with Gasteiger partial charge in [-0.2, -0.15) is 0 Å². The van der Waals surface area contributed by atoms with Crippen LogP contribution in [0.2, 0.25) is 5.02 Å². The van der Waals surface area contributed by atoms with Crippen LogP contribution in [0.1, 0.15) is 13.8 Å². The van der Waals surface area contributed by atoms with Crippen LogP contribution < -0.4 is 9.62 Å². The van der Waals surface area contributed by atoms with Gasteiger partial charge in [-0.1, -0.05) is 17.7 Å². The molecule has 134 valence electrons. The van der Waals surface area contributed by atoms with E-state index in [9.17, 15) is 13.6 Å². The number of hydrogen-bond acceptors (Lipinski definition) is 4. The summed E-state index contributed by atoms with van der Waals surface area (Å²) in [6, 6.07) is 8.06.